The van der Waals surface area contributed by atoms with Gasteiger partial charge in [0.25, 0.3) is 5.91 Å². The second kappa shape index (κ2) is 5.17. The Labute approximate surface area is 109 Å². The molecule has 0 heterocycles. The predicted octanol–water partition coefficient (Wildman–Crippen LogP) is 3.07. The molecule has 0 N–H and O–H groups in total. The molecule has 1 fully saturated rings. The van der Waals surface area contributed by atoms with Gasteiger partial charge in [-0.1, -0.05) is 15.9 Å². The fourth-order valence-electron chi connectivity index (χ4n) is 2.09. The molecule has 1 aromatic carbocycles. The van der Waals surface area contributed by atoms with Gasteiger partial charge in [0.2, 0.25) is 0 Å². The van der Waals surface area contributed by atoms with Gasteiger partial charge < -0.3 is 4.90 Å². The van der Waals surface area contributed by atoms with Gasteiger partial charge in [0.15, 0.2) is 0 Å². The van der Waals surface area contributed by atoms with Gasteiger partial charge in [-0.05, 0) is 43.0 Å². The molecule has 1 saturated carbocycles. The van der Waals surface area contributed by atoms with Crippen LogP contribution in [0.1, 0.15) is 23.2 Å². The number of halogens is 2. The molecule has 0 bridgehead atoms. The predicted molar refractivity (Wildman–Crippen MR) is 68.8 cm³/mol. The fraction of sp³-hybridized carbons (Fsp3) is 0.462. The Morgan fingerprint density at radius 1 is 1.41 bits per heavy atom. The third-order valence-corrected chi connectivity index (χ3v) is 3.90. The Hall–Kier alpha value is -0.900. The van der Waals surface area contributed by atoms with Gasteiger partial charge in [0.05, 0.1) is 0 Å². The number of amides is 1. The molecule has 4 heteroatoms. The summed E-state index contributed by atoms with van der Waals surface area (Å²) in [4.78, 5) is 14.3. The summed E-state index contributed by atoms with van der Waals surface area (Å²) in [6, 6.07) is 5.70. The number of hydrogen-bond donors (Lipinski definition) is 0. The largest absolute Gasteiger partial charge is 0.341 e. The molecule has 2 nitrogen and oxygen atoms in total. The van der Waals surface area contributed by atoms with E-state index in [1.54, 1.807) is 11.9 Å². The van der Waals surface area contributed by atoms with Crippen LogP contribution in [0.15, 0.2) is 24.3 Å². The van der Waals surface area contributed by atoms with Crippen molar-refractivity contribution in [3.05, 3.63) is 35.6 Å². The molecule has 17 heavy (non-hydrogen) atoms. The van der Waals surface area contributed by atoms with Crippen LogP contribution in [0.2, 0.25) is 0 Å². The summed E-state index contributed by atoms with van der Waals surface area (Å²) in [5, 5.41) is 0. The van der Waals surface area contributed by atoms with Crippen molar-refractivity contribution in [2.45, 2.75) is 17.7 Å². The van der Waals surface area contributed by atoms with Crippen LogP contribution in [0.5, 0.6) is 0 Å². The molecule has 0 spiro atoms. The van der Waals surface area contributed by atoms with Crippen molar-refractivity contribution in [1.29, 1.82) is 0 Å². The smallest absolute Gasteiger partial charge is 0.253 e. The van der Waals surface area contributed by atoms with E-state index in [1.165, 1.54) is 24.3 Å². The molecule has 2 rings (SSSR count). The summed E-state index contributed by atoms with van der Waals surface area (Å²) in [6.07, 6.45) is 2.25. The molecule has 1 amide bonds. The number of alkyl halides is 1. The second-order valence-corrected chi connectivity index (χ2v) is 5.92. The molecule has 1 aliphatic rings. The van der Waals surface area contributed by atoms with Crippen LogP contribution in [-0.4, -0.2) is 29.2 Å². The Balaban J connectivity index is 1.92. The van der Waals surface area contributed by atoms with Crippen molar-refractivity contribution in [2.75, 3.05) is 13.6 Å². The number of nitrogens with zero attached hydrogens (tertiary/aromatic N) is 1. The van der Waals surface area contributed by atoms with E-state index in [9.17, 15) is 9.18 Å². The Morgan fingerprint density at radius 2 is 2.00 bits per heavy atom. The van der Waals surface area contributed by atoms with Crippen molar-refractivity contribution < 1.29 is 9.18 Å². The van der Waals surface area contributed by atoms with E-state index in [-0.39, 0.29) is 11.7 Å². The maximum Gasteiger partial charge on any atom is 0.253 e. The molecular weight excluding hydrogens is 285 g/mol. The number of carbonyl (C=O) groups is 1. The maximum atomic E-state index is 12.7. The van der Waals surface area contributed by atoms with Gasteiger partial charge in [-0.2, -0.15) is 0 Å². The Kier molecular flexibility index (Phi) is 3.82. The van der Waals surface area contributed by atoms with Crippen LogP contribution in [-0.2, 0) is 0 Å². The summed E-state index contributed by atoms with van der Waals surface area (Å²) < 4.78 is 12.7. The summed E-state index contributed by atoms with van der Waals surface area (Å²) in [5.41, 5.74) is 0.545. The van der Waals surface area contributed by atoms with Gasteiger partial charge in [0.1, 0.15) is 5.82 Å². The summed E-state index contributed by atoms with van der Waals surface area (Å²) in [7, 11) is 1.80. The van der Waals surface area contributed by atoms with E-state index in [0.717, 1.165) is 19.4 Å². The third-order valence-electron chi connectivity index (χ3n) is 3.15. The Bertz CT molecular complexity index is 400. The zero-order valence-corrected chi connectivity index (χ0v) is 11.3. The lowest BCUT2D eigenvalue weighted by Gasteiger charge is -2.34. The van der Waals surface area contributed by atoms with Crippen LogP contribution >= 0.6 is 15.9 Å². The summed E-state index contributed by atoms with van der Waals surface area (Å²) >= 11 is 3.54. The molecule has 0 atom stereocenters. The molecule has 0 saturated heterocycles. The summed E-state index contributed by atoms with van der Waals surface area (Å²) in [6.45, 7) is 0.776. The minimum atomic E-state index is -0.315. The molecule has 0 aliphatic heterocycles. The van der Waals surface area contributed by atoms with Crippen LogP contribution in [0.4, 0.5) is 4.39 Å². The third kappa shape index (κ3) is 3.06. The normalized spacial score (nSPS) is 23.0. The second-order valence-electron chi connectivity index (χ2n) is 4.63. The average molecular weight is 300 g/mol. The van der Waals surface area contributed by atoms with Gasteiger partial charge in [0, 0.05) is 24.0 Å². The van der Waals surface area contributed by atoms with Crippen molar-refractivity contribution in [3.8, 4) is 0 Å². The number of hydrogen-bond acceptors (Lipinski definition) is 1. The lowest BCUT2D eigenvalue weighted by Crippen LogP contribution is -2.37. The molecule has 0 aromatic heterocycles. The highest BCUT2D eigenvalue weighted by Gasteiger charge is 2.28. The van der Waals surface area contributed by atoms with Crippen molar-refractivity contribution in [2.24, 2.45) is 5.92 Å². The minimum Gasteiger partial charge on any atom is -0.341 e. The molecule has 1 aromatic rings. The van der Waals surface area contributed by atoms with E-state index in [4.69, 9.17) is 0 Å². The van der Waals surface area contributed by atoms with Crippen molar-refractivity contribution in [3.63, 3.8) is 0 Å². The minimum absolute atomic E-state index is 0.0389. The first-order chi connectivity index (χ1) is 8.06. The SMILES string of the molecule is CN(CC1CC(Br)C1)C(=O)c1ccc(F)cc1. The fourth-order valence-corrected chi connectivity index (χ4v) is 3.14. The van der Waals surface area contributed by atoms with E-state index in [2.05, 4.69) is 15.9 Å². The standard InChI is InChI=1S/C13H15BrFNO/c1-16(8-9-6-11(14)7-9)13(17)10-2-4-12(15)5-3-10/h2-5,9,11H,6-8H2,1H3. The molecule has 0 unspecified atom stereocenters. The topological polar surface area (TPSA) is 20.3 Å². The van der Waals surface area contributed by atoms with Crippen LogP contribution in [0.3, 0.4) is 0 Å². The van der Waals surface area contributed by atoms with E-state index in [1.807, 2.05) is 0 Å². The molecule has 92 valence electrons. The summed E-state index contributed by atoms with van der Waals surface area (Å²) in [5.74, 6) is 0.238. The van der Waals surface area contributed by atoms with E-state index < -0.39 is 0 Å². The van der Waals surface area contributed by atoms with Crippen LogP contribution in [0.25, 0.3) is 0 Å². The number of carbonyl (C=O) groups excluding carboxylic acids is 1. The Morgan fingerprint density at radius 3 is 2.53 bits per heavy atom. The average Bonchev–Trinajstić information content (AvgIpc) is 2.27. The lowest BCUT2D eigenvalue weighted by molar-refractivity contribution is 0.0748. The first-order valence-corrected chi connectivity index (χ1v) is 6.63. The zero-order valence-electron chi connectivity index (χ0n) is 9.70. The van der Waals surface area contributed by atoms with Crippen LogP contribution in [0, 0.1) is 11.7 Å². The number of benzene rings is 1. The maximum absolute atomic E-state index is 12.7. The van der Waals surface area contributed by atoms with E-state index in [0.29, 0.717) is 16.3 Å². The van der Waals surface area contributed by atoms with E-state index >= 15 is 0 Å². The zero-order chi connectivity index (χ0) is 12.4. The van der Waals surface area contributed by atoms with Crippen molar-refractivity contribution >= 4 is 21.8 Å². The van der Waals surface area contributed by atoms with Gasteiger partial charge in [-0.25, -0.2) is 4.39 Å². The quantitative estimate of drug-likeness (QED) is 0.786. The molecule has 0 radical (unpaired) electrons. The lowest BCUT2D eigenvalue weighted by atomic mass is 9.85. The van der Waals surface area contributed by atoms with Crippen LogP contribution < -0.4 is 0 Å². The molecule has 1 aliphatic carbocycles. The van der Waals surface area contributed by atoms with Gasteiger partial charge in [-0.3, -0.25) is 4.79 Å². The highest BCUT2D eigenvalue weighted by molar-refractivity contribution is 9.09. The monoisotopic (exact) mass is 299 g/mol. The van der Waals surface area contributed by atoms with Gasteiger partial charge >= 0.3 is 0 Å². The highest BCUT2D eigenvalue weighted by Crippen LogP contribution is 2.33. The van der Waals surface area contributed by atoms with Gasteiger partial charge in [-0.15, -0.1) is 0 Å². The van der Waals surface area contributed by atoms with Crippen molar-refractivity contribution in [1.82, 2.24) is 4.90 Å². The highest BCUT2D eigenvalue weighted by atomic mass is 79.9. The first kappa shape index (κ1) is 12.6. The number of rotatable bonds is 3. The first-order valence-electron chi connectivity index (χ1n) is 5.71. The molecular formula is C13H15BrFNO.